The summed E-state index contributed by atoms with van der Waals surface area (Å²) in [5.41, 5.74) is 0.614. The lowest BCUT2D eigenvalue weighted by molar-refractivity contribution is -0.0318. The molecular formula is C10H8BrClO2. The summed E-state index contributed by atoms with van der Waals surface area (Å²) < 4.78 is 5.91. The molecule has 1 aliphatic rings. The number of hydrogen-bond acceptors (Lipinski definition) is 2. The van der Waals surface area contributed by atoms with Crippen molar-refractivity contribution in [1.29, 1.82) is 0 Å². The van der Waals surface area contributed by atoms with Gasteiger partial charge in [-0.05, 0) is 28.1 Å². The highest BCUT2D eigenvalue weighted by molar-refractivity contribution is 9.10. The summed E-state index contributed by atoms with van der Waals surface area (Å²) in [6.45, 7) is 0.681. The van der Waals surface area contributed by atoms with Crippen molar-refractivity contribution in [3.63, 3.8) is 0 Å². The van der Waals surface area contributed by atoms with E-state index in [9.17, 15) is 4.79 Å². The quantitative estimate of drug-likeness (QED) is 0.775. The van der Waals surface area contributed by atoms with E-state index < -0.39 is 0 Å². The summed E-state index contributed by atoms with van der Waals surface area (Å²) in [5.74, 6) is 0.0191. The number of Topliss-reactive ketones (excluding diaryl/α,β-unsaturated/α-hetero) is 1. The predicted molar refractivity (Wildman–Crippen MR) is 57.8 cm³/mol. The standard InChI is InChI=1S/C10H8BrClO2/c11-7-2-1-6(5-8(7)12)10(13)9-3-4-14-9/h1-2,5,9H,3-4H2. The number of benzene rings is 1. The topological polar surface area (TPSA) is 26.3 Å². The van der Waals surface area contributed by atoms with Crippen LogP contribution in [0, 0.1) is 0 Å². The van der Waals surface area contributed by atoms with Crippen LogP contribution in [0.2, 0.25) is 5.02 Å². The zero-order chi connectivity index (χ0) is 10.1. The average Bonchev–Trinajstić information content (AvgIpc) is 2.06. The van der Waals surface area contributed by atoms with Crippen LogP contribution < -0.4 is 0 Å². The minimum absolute atomic E-state index is 0.0191. The van der Waals surface area contributed by atoms with Crippen molar-refractivity contribution >= 4 is 33.3 Å². The van der Waals surface area contributed by atoms with Gasteiger partial charge in [0, 0.05) is 16.5 Å². The Hall–Kier alpha value is -0.380. The predicted octanol–water partition coefficient (Wildman–Crippen LogP) is 3.07. The average molecular weight is 276 g/mol. The lowest BCUT2D eigenvalue weighted by atomic mass is 10.0. The molecule has 2 nitrogen and oxygen atoms in total. The highest BCUT2D eigenvalue weighted by atomic mass is 79.9. The van der Waals surface area contributed by atoms with Crippen LogP contribution in [0.5, 0.6) is 0 Å². The van der Waals surface area contributed by atoms with Crippen molar-refractivity contribution < 1.29 is 9.53 Å². The number of rotatable bonds is 2. The summed E-state index contributed by atoms with van der Waals surface area (Å²) in [6, 6.07) is 5.18. The molecule has 0 spiro atoms. The summed E-state index contributed by atoms with van der Waals surface area (Å²) in [4.78, 5) is 11.7. The molecule has 74 valence electrons. The van der Waals surface area contributed by atoms with Crippen molar-refractivity contribution in [2.45, 2.75) is 12.5 Å². The van der Waals surface area contributed by atoms with Crippen LogP contribution in [0.4, 0.5) is 0 Å². The van der Waals surface area contributed by atoms with Gasteiger partial charge in [-0.3, -0.25) is 4.79 Å². The monoisotopic (exact) mass is 274 g/mol. The molecule has 1 saturated heterocycles. The second-order valence-corrected chi connectivity index (χ2v) is 4.40. The molecule has 1 aliphatic heterocycles. The van der Waals surface area contributed by atoms with Crippen molar-refractivity contribution in [3.8, 4) is 0 Å². The first-order valence-corrected chi connectivity index (χ1v) is 5.46. The van der Waals surface area contributed by atoms with Gasteiger partial charge in [0.25, 0.3) is 0 Å². The van der Waals surface area contributed by atoms with E-state index in [1.165, 1.54) is 0 Å². The van der Waals surface area contributed by atoms with E-state index in [2.05, 4.69) is 15.9 Å². The van der Waals surface area contributed by atoms with Crippen LogP contribution in [0.25, 0.3) is 0 Å². The third-order valence-corrected chi connectivity index (χ3v) is 3.43. The number of halogens is 2. The zero-order valence-corrected chi connectivity index (χ0v) is 9.64. The van der Waals surface area contributed by atoms with Gasteiger partial charge < -0.3 is 4.74 Å². The summed E-state index contributed by atoms with van der Waals surface area (Å²) in [7, 11) is 0. The van der Waals surface area contributed by atoms with E-state index in [1.807, 2.05) is 0 Å². The van der Waals surface area contributed by atoms with E-state index in [0.717, 1.165) is 10.9 Å². The molecule has 0 N–H and O–H groups in total. The van der Waals surface area contributed by atoms with Crippen LogP contribution >= 0.6 is 27.5 Å². The number of carbonyl (C=O) groups is 1. The SMILES string of the molecule is O=C(c1ccc(Br)c(Cl)c1)C1CCO1. The van der Waals surface area contributed by atoms with Gasteiger partial charge >= 0.3 is 0 Å². The lowest BCUT2D eigenvalue weighted by Gasteiger charge is -2.24. The van der Waals surface area contributed by atoms with Gasteiger partial charge in [-0.15, -0.1) is 0 Å². The smallest absolute Gasteiger partial charge is 0.191 e. The lowest BCUT2D eigenvalue weighted by Crippen LogP contribution is -2.34. The summed E-state index contributed by atoms with van der Waals surface area (Å²) >= 11 is 9.16. The molecule has 0 aliphatic carbocycles. The van der Waals surface area contributed by atoms with Gasteiger partial charge in [-0.1, -0.05) is 17.7 Å². The van der Waals surface area contributed by atoms with Crippen LogP contribution in [-0.2, 0) is 4.74 Å². The molecule has 1 aromatic rings. The minimum Gasteiger partial charge on any atom is -0.370 e. The molecule has 4 heteroatoms. The maximum absolute atomic E-state index is 11.7. The number of carbonyl (C=O) groups excluding carboxylic acids is 1. The maximum atomic E-state index is 11.7. The Balaban J connectivity index is 2.23. The molecule has 1 aromatic carbocycles. The molecule has 0 amide bonds. The first-order chi connectivity index (χ1) is 6.68. The Morgan fingerprint density at radius 1 is 1.57 bits per heavy atom. The van der Waals surface area contributed by atoms with E-state index in [-0.39, 0.29) is 11.9 Å². The summed E-state index contributed by atoms with van der Waals surface area (Å²) in [6.07, 6.45) is 0.555. The Morgan fingerprint density at radius 2 is 2.29 bits per heavy atom. The number of ketones is 1. The Morgan fingerprint density at radius 3 is 2.79 bits per heavy atom. The first-order valence-electron chi connectivity index (χ1n) is 4.29. The van der Waals surface area contributed by atoms with Crippen molar-refractivity contribution in [1.82, 2.24) is 0 Å². The third-order valence-electron chi connectivity index (χ3n) is 2.20. The normalized spacial score (nSPS) is 20.3. The number of ether oxygens (including phenoxy) is 1. The second kappa shape index (κ2) is 4.01. The fourth-order valence-corrected chi connectivity index (χ4v) is 1.70. The molecular weight excluding hydrogens is 267 g/mol. The van der Waals surface area contributed by atoms with E-state index in [1.54, 1.807) is 18.2 Å². The van der Waals surface area contributed by atoms with Crippen molar-refractivity contribution in [2.75, 3.05) is 6.61 Å². The van der Waals surface area contributed by atoms with Crippen LogP contribution in [0.15, 0.2) is 22.7 Å². The Labute approximate surface area is 95.3 Å². The zero-order valence-electron chi connectivity index (χ0n) is 7.30. The fraction of sp³-hybridized carbons (Fsp3) is 0.300. The van der Waals surface area contributed by atoms with Gasteiger partial charge in [0.1, 0.15) is 6.10 Å². The fourth-order valence-electron chi connectivity index (χ4n) is 1.28. The largest absolute Gasteiger partial charge is 0.370 e. The van der Waals surface area contributed by atoms with Gasteiger partial charge in [0.15, 0.2) is 5.78 Å². The van der Waals surface area contributed by atoms with Gasteiger partial charge in [0.05, 0.1) is 11.6 Å². The van der Waals surface area contributed by atoms with E-state index >= 15 is 0 Å². The molecule has 1 fully saturated rings. The Bertz CT molecular complexity index is 374. The molecule has 14 heavy (non-hydrogen) atoms. The molecule has 0 saturated carbocycles. The molecule has 1 unspecified atom stereocenters. The maximum Gasteiger partial charge on any atom is 0.191 e. The minimum atomic E-state index is -0.257. The van der Waals surface area contributed by atoms with Crippen molar-refractivity contribution in [2.24, 2.45) is 0 Å². The van der Waals surface area contributed by atoms with Crippen LogP contribution in [-0.4, -0.2) is 18.5 Å². The molecule has 1 atom stereocenters. The van der Waals surface area contributed by atoms with Crippen LogP contribution in [0.1, 0.15) is 16.8 Å². The third kappa shape index (κ3) is 1.85. The molecule has 1 heterocycles. The second-order valence-electron chi connectivity index (χ2n) is 3.14. The van der Waals surface area contributed by atoms with Crippen LogP contribution in [0.3, 0.4) is 0 Å². The highest BCUT2D eigenvalue weighted by Gasteiger charge is 2.27. The van der Waals surface area contributed by atoms with E-state index in [0.29, 0.717) is 17.2 Å². The van der Waals surface area contributed by atoms with Crippen molar-refractivity contribution in [3.05, 3.63) is 33.3 Å². The molecule has 0 bridgehead atoms. The molecule has 0 radical (unpaired) electrons. The first kappa shape index (κ1) is 10.1. The summed E-state index contributed by atoms with van der Waals surface area (Å²) in [5, 5.41) is 0.551. The van der Waals surface area contributed by atoms with Gasteiger partial charge in [0.2, 0.25) is 0 Å². The van der Waals surface area contributed by atoms with Gasteiger partial charge in [-0.2, -0.15) is 0 Å². The number of hydrogen-bond donors (Lipinski definition) is 0. The van der Waals surface area contributed by atoms with Gasteiger partial charge in [-0.25, -0.2) is 0 Å². The highest BCUT2D eigenvalue weighted by Crippen LogP contribution is 2.25. The Kier molecular flexibility index (Phi) is 2.91. The van der Waals surface area contributed by atoms with E-state index in [4.69, 9.17) is 16.3 Å². The molecule has 2 rings (SSSR count). The molecule has 0 aromatic heterocycles.